The Hall–Kier alpha value is -1.95. The van der Waals surface area contributed by atoms with Gasteiger partial charge in [0.15, 0.2) is 5.65 Å². The summed E-state index contributed by atoms with van der Waals surface area (Å²) in [6.07, 6.45) is 7.41. The van der Waals surface area contributed by atoms with Crippen molar-refractivity contribution in [1.29, 1.82) is 0 Å². The summed E-state index contributed by atoms with van der Waals surface area (Å²) in [5.41, 5.74) is 2.08. The van der Waals surface area contributed by atoms with E-state index in [0.29, 0.717) is 11.8 Å². The molecule has 2 aromatic rings. The van der Waals surface area contributed by atoms with E-state index in [-0.39, 0.29) is 5.92 Å². The van der Waals surface area contributed by atoms with Crippen LogP contribution in [0.3, 0.4) is 0 Å². The Bertz CT molecular complexity index is 778. The number of pyridine rings is 1. The molecule has 3 heterocycles. The smallest absolute Gasteiger partial charge is 0.225 e. The van der Waals surface area contributed by atoms with Gasteiger partial charge in [-0.15, -0.1) is 0 Å². The second kappa shape index (κ2) is 7.35. The quantitative estimate of drug-likeness (QED) is 0.827. The molecule has 1 aliphatic carbocycles. The van der Waals surface area contributed by atoms with Gasteiger partial charge in [-0.05, 0) is 45.5 Å². The summed E-state index contributed by atoms with van der Waals surface area (Å²) in [6, 6.07) is 4.11. The molecule has 1 aliphatic heterocycles. The van der Waals surface area contributed by atoms with Crippen LogP contribution >= 0.6 is 0 Å². The molecule has 4 rings (SSSR count). The number of aromatic nitrogens is 3. The van der Waals surface area contributed by atoms with Crippen molar-refractivity contribution in [1.82, 2.24) is 24.6 Å². The van der Waals surface area contributed by atoms with Crippen molar-refractivity contribution in [2.75, 3.05) is 33.7 Å². The first-order valence-electron chi connectivity index (χ1n) is 9.88. The van der Waals surface area contributed by atoms with Gasteiger partial charge >= 0.3 is 0 Å². The molecule has 2 aromatic heterocycles. The van der Waals surface area contributed by atoms with Gasteiger partial charge in [-0.3, -0.25) is 4.79 Å². The van der Waals surface area contributed by atoms with Gasteiger partial charge in [0, 0.05) is 43.1 Å². The topological polar surface area (TPSA) is 54.3 Å². The second-order valence-corrected chi connectivity index (χ2v) is 8.04. The van der Waals surface area contributed by atoms with Crippen LogP contribution < -0.4 is 0 Å². The first-order chi connectivity index (χ1) is 12.6. The lowest BCUT2D eigenvalue weighted by Gasteiger charge is -2.20. The molecule has 140 valence electrons. The van der Waals surface area contributed by atoms with Crippen LogP contribution in [0.2, 0.25) is 0 Å². The first-order valence-corrected chi connectivity index (χ1v) is 9.88. The number of nitrogens with zero attached hydrogens (tertiary/aromatic N) is 5. The largest absolute Gasteiger partial charge is 0.342 e. The molecule has 26 heavy (non-hydrogen) atoms. The van der Waals surface area contributed by atoms with Crippen molar-refractivity contribution in [3.8, 4) is 0 Å². The summed E-state index contributed by atoms with van der Waals surface area (Å²) >= 11 is 0. The average Bonchev–Trinajstić information content (AvgIpc) is 3.38. The molecule has 6 nitrogen and oxygen atoms in total. The molecular weight excluding hydrogens is 326 g/mol. The molecule has 2 aliphatic rings. The third kappa shape index (κ3) is 3.34. The standard InChI is InChI=1S/C20H29N5O/c1-23(2)12-13-25-19-17(8-5-10-21-19)18(22-25)16-9-11-24(14-16)20(26)15-6-3-4-7-15/h5,8,10,15-16H,3-4,6-7,9,11-14H2,1-2H3/t16-/m0/s1. The van der Waals surface area contributed by atoms with E-state index in [9.17, 15) is 4.79 Å². The lowest BCUT2D eigenvalue weighted by atomic mass is 10.0. The maximum Gasteiger partial charge on any atom is 0.225 e. The molecule has 2 fully saturated rings. The lowest BCUT2D eigenvalue weighted by molar-refractivity contribution is -0.134. The molecular formula is C20H29N5O. The second-order valence-electron chi connectivity index (χ2n) is 8.04. The van der Waals surface area contributed by atoms with E-state index in [1.807, 2.05) is 16.9 Å². The van der Waals surface area contributed by atoms with Gasteiger partial charge in [0.05, 0.1) is 12.2 Å². The number of hydrogen-bond acceptors (Lipinski definition) is 4. The van der Waals surface area contributed by atoms with Crippen LogP contribution in [0, 0.1) is 5.92 Å². The Labute approximate surface area is 155 Å². The number of likely N-dealkylation sites (tertiary alicyclic amines) is 1. The predicted octanol–water partition coefficient (Wildman–Crippen LogP) is 2.50. The molecule has 1 atom stereocenters. The van der Waals surface area contributed by atoms with Crippen LogP contribution in [0.1, 0.15) is 43.7 Å². The number of carbonyl (C=O) groups is 1. The molecule has 0 aromatic carbocycles. The van der Waals surface area contributed by atoms with Gasteiger partial charge in [0.2, 0.25) is 5.91 Å². The van der Waals surface area contributed by atoms with Crippen molar-refractivity contribution < 1.29 is 4.79 Å². The van der Waals surface area contributed by atoms with Crippen molar-refractivity contribution in [3.05, 3.63) is 24.0 Å². The van der Waals surface area contributed by atoms with Crippen molar-refractivity contribution >= 4 is 16.9 Å². The van der Waals surface area contributed by atoms with E-state index < -0.39 is 0 Å². The summed E-state index contributed by atoms with van der Waals surface area (Å²) in [7, 11) is 4.15. The zero-order valence-electron chi connectivity index (χ0n) is 15.9. The number of fused-ring (bicyclic) bond motifs is 1. The van der Waals surface area contributed by atoms with E-state index in [1.54, 1.807) is 0 Å². The van der Waals surface area contributed by atoms with E-state index in [2.05, 4.69) is 34.9 Å². The van der Waals surface area contributed by atoms with Crippen molar-refractivity contribution in [2.45, 2.75) is 44.6 Å². The highest BCUT2D eigenvalue weighted by Crippen LogP contribution is 2.34. The third-order valence-electron chi connectivity index (χ3n) is 5.89. The van der Waals surface area contributed by atoms with Gasteiger partial charge in [0.25, 0.3) is 0 Å². The van der Waals surface area contributed by atoms with Gasteiger partial charge in [0.1, 0.15) is 0 Å². The number of rotatable bonds is 5. The van der Waals surface area contributed by atoms with Crippen LogP contribution in [-0.4, -0.2) is 64.2 Å². The maximum atomic E-state index is 12.8. The number of carbonyl (C=O) groups excluding carboxylic acids is 1. The van der Waals surface area contributed by atoms with Gasteiger partial charge in [-0.2, -0.15) is 5.10 Å². The Balaban J connectivity index is 1.54. The predicted molar refractivity (Wildman–Crippen MR) is 102 cm³/mol. The number of hydrogen-bond donors (Lipinski definition) is 0. The SMILES string of the molecule is CN(C)CCn1nc([C@H]2CCN(C(=O)C3CCCC3)C2)c2cccnc21. The fraction of sp³-hybridized carbons (Fsp3) is 0.650. The molecule has 1 saturated carbocycles. The van der Waals surface area contributed by atoms with Crippen LogP contribution in [0.15, 0.2) is 18.3 Å². The van der Waals surface area contributed by atoms with E-state index >= 15 is 0 Å². The molecule has 0 spiro atoms. The van der Waals surface area contributed by atoms with Gasteiger partial charge in [-0.1, -0.05) is 12.8 Å². The monoisotopic (exact) mass is 355 g/mol. The minimum Gasteiger partial charge on any atom is -0.342 e. The van der Waals surface area contributed by atoms with E-state index in [0.717, 1.165) is 62.2 Å². The van der Waals surface area contributed by atoms with Gasteiger partial charge in [-0.25, -0.2) is 9.67 Å². The molecule has 0 radical (unpaired) electrons. The zero-order chi connectivity index (χ0) is 18.1. The Kier molecular flexibility index (Phi) is 4.94. The summed E-state index contributed by atoms with van der Waals surface area (Å²) < 4.78 is 2.03. The Morgan fingerprint density at radius 1 is 1.27 bits per heavy atom. The molecule has 1 saturated heterocycles. The Morgan fingerprint density at radius 3 is 2.85 bits per heavy atom. The number of likely N-dealkylation sites (N-methyl/N-ethyl adjacent to an activating group) is 1. The molecule has 0 bridgehead atoms. The van der Waals surface area contributed by atoms with Crippen molar-refractivity contribution in [2.24, 2.45) is 5.92 Å². The third-order valence-corrected chi connectivity index (χ3v) is 5.89. The van der Waals surface area contributed by atoms with Crippen LogP contribution in [-0.2, 0) is 11.3 Å². The maximum absolute atomic E-state index is 12.8. The lowest BCUT2D eigenvalue weighted by Crippen LogP contribution is -2.33. The Morgan fingerprint density at radius 2 is 2.08 bits per heavy atom. The first kappa shape index (κ1) is 17.5. The summed E-state index contributed by atoms with van der Waals surface area (Å²) in [5, 5.41) is 6.07. The average molecular weight is 355 g/mol. The van der Waals surface area contributed by atoms with Crippen molar-refractivity contribution in [3.63, 3.8) is 0 Å². The molecule has 0 unspecified atom stereocenters. The summed E-state index contributed by atoms with van der Waals surface area (Å²) in [6.45, 7) is 3.44. The summed E-state index contributed by atoms with van der Waals surface area (Å²) in [4.78, 5) is 21.6. The normalized spacial score (nSPS) is 21.3. The fourth-order valence-corrected chi connectivity index (χ4v) is 4.40. The highest BCUT2D eigenvalue weighted by Gasteiger charge is 2.34. The van der Waals surface area contributed by atoms with Crippen LogP contribution in [0.25, 0.3) is 11.0 Å². The summed E-state index contributed by atoms with van der Waals surface area (Å²) in [5.74, 6) is 0.969. The van der Waals surface area contributed by atoms with Crippen LogP contribution in [0.4, 0.5) is 0 Å². The minimum absolute atomic E-state index is 0.268. The minimum atomic E-state index is 0.268. The zero-order valence-corrected chi connectivity index (χ0v) is 15.9. The fourth-order valence-electron chi connectivity index (χ4n) is 4.40. The number of amides is 1. The van der Waals surface area contributed by atoms with E-state index in [1.165, 1.54) is 12.8 Å². The highest BCUT2D eigenvalue weighted by atomic mass is 16.2. The van der Waals surface area contributed by atoms with Gasteiger partial charge < -0.3 is 9.80 Å². The van der Waals surface area contributed by atoms with Crippen LogP contribution in [0.5, 0.6) is 0 Å². The molecule has 6 heteroatoms. The highest BCUT2D eigenvalue weighted by molar-refractivity contribution is 5.81. The molecule has 1 amide bonds. The van der Waals surface area contributed by atoms with E-state index in [4.69, 9.17) is 5.10 Å². The molecule has 0 N–H and O–H groups in total.